The molecule has 1 aliphatic rings. The van der Waals surface area contributed by atoms with E-state index < -0.39 is 0 Å². The molecular weight excluding hydrogens is 418 g/mol. The second kappa shape index (κ2) is 10.3. The topological polar surface area (TPSA) is 79.7 Å². The first-order chi connectivity index (χ1) is 16.1. The lowest BCUT2D eigenvalue weighted by atomic mass is 10.2. The summed E-state index contributed by atoms with van der Waals surface area (Å²) >= 11 is 0. The van der Waals surface area contributed by atoms with Gasteiger partial charge in [-0.15, -0.1) is 0 Å². The largest absolute Gasteiger partial charge is 0.497 e. The molecule has 2 amide bonds. The number of methoxy groups -OCH3 is 1. The normalized spacial score (nSPS) is 14.2. The molecule has 0 unspecified atom stereocenters. The van der Waals surface area contributed by atoms with Crippen molar-refractivity contribution in [3.63, 3.8) is 0 Å². The standard InChI is InChI=1S/C25H29N5O3/c1-19-23(18-27-30(19)21-6-4-3-5-7-21)25(32)29-16-14-28(15-17-29)13-12-26-24(31)20-8-10-22(33-2)11-9-20/h3-11,18H,12-17H2,1-2H3,(H,26,31). The molecule has 1 aromatic heterocycles. The van der Waals surface area contributed by atoms with E-state index in [1.807, 2.05) is 42.2 Å². The molecule has 1 N–H and O–H groups in total. The molecule has 1 fully saturated rings. The minimum absolute atomic E-state index is 0.0159. The summed E-state index contributed by atoms with van der Waals surface area (Å²) in [6.45, 7) is 6.08. The fraction of sp³-hybridized carbons (Fsp3) is 0.320. The van der Waals surface area contributed by atoms with Gasteiger partial charge in [0.15, 0.2) is 0 Å². The molecule has 2 aromatic carbocycles. The quantitative estimate of drug-likeness (QED) is 0.602. The molecule has 8 nitrogen and oxygen atoms in total. The van der Waals surface area contributed by atoms with Gasteiger partial charge in [-0.3, -0.25) is 14.5 Å². The van der Waals surface area contributed by atoms with Gasteiger partial charge in [-0.2, -0.15) is 5.10 Å². The van der Waals surface area contributed by atoms with Crippen molar-refractivity contribution >= 4 is 11.8 Å². The van der Waals surface area contributed by atoms with E-state index in [0.29, 0.717) is 30.8 Å². The summed E-state index contributed by atoms with van der Waals surface area (Å²) in [7, 11) is 1.60. The van der Waals surface area contributed by atoms with Crippen molar-refractivity contribution in [3.05, 3.63) is 77.6 Å². The van der Waals surface area contributed by atoms with Gasteiger partial charge < -0.3 is 15.0 Å². The van der Waals surface area contributed by atoms with E-state index in [0.717, 1.165) is 36.8 Å². The molecular formula is C25H29N5O3. The second-order valence-corrected chi connectivity index (χ2v) is 8.01. The molecule has 4 rings (SSSR count). The van der Waals surface area contributed by atoms with E-state index in [4.69, 9.17) is 4.74 Å². The predicted molar refractivity (Wildman–Crippen MR) is 126 cm³/mol. The number of piperazine rings is 1. The number of rotatable bonds is 7. The van der Waals surface area contributed by atoms with Crippen molar-refractivity contribution in [1.82, 2.24) is 24.9 Å². The van der Waals surface area contributed by atoms with Gasteiger partial charge >= 0.3 is 0 Å². The van der Waals surface area contributed by atoms with Crippen molar-refractivity contribution in [2.24, 2.45) is 0 Å². The summed E-state index contributed by atoms with van der Waals surface area (Å²) in [4.78, 5) is 29.5. The summed E-state index contributed by atoms with van der Waals surface area (Å²) in [5.74, 6) is 0.640. The van der Waals surface area contributed by atoms with E-state index in [-0.39, 0.29) is 11.8 Å². The Bertz CT molecular complexity index is 1090. The SMILES string of the molecule is COc1ccc(C(=O)NCCN2CCN(C(=O)c3cnn(-c4ccccc4)c3C)CC2)cc1. The number of hydrogen-bond acceptors (Lipinski definition) is 5. The van der Waals surface area contributed by atoms with Crippen molar-refractivity contribution in [2.75, 3.05) is 46.4 Å². The first-order valence-electron chi connectivity index (χ1n) is 11.1. The molecule has 0 spiro atoms. The molecule has 0 radical (unpaired) electrons. The van der Waals surface area contributed by atoms with Crippen LogP contribution in [0.4, 0.5) is 0 Å². The third-order valence-electron chi connectivity index (χ3n) is 5.97. The molecule has 0 aliphatic carbocycles. The van der Waals surface area contributed by atoms with Crippen LogP contribution < -0.4 is 10.1 Å². The van der Waals surface area contributed by atoms with E-state index in [1.165, 1.54) is 0 Å². The van der Waals surface area contributed by atoms with Gasteiger partial charge in [0.05, 0.1) is 30.3 Å². The second-order valence-electron chi connectivity index (χ2n) is 8.01. The van der Waals surface area contributed by atoms with Crippen LogP contribution in [0.2, 0.25) is 0 Å². The Hall–Kier alpha value is -3.65. The Morgan fingerprint density at radius 1 is 1.00 bits per heavy atom. The highest BCUT2D eigenvalue weighted by Crippen LogP contribution is 2.17. The lowest BCUT2D eigenvalue weighted by Crippen LogP contribution is -2.50. The van der Waals surface area contributed by atoms with E-state index >= 15 is 0 Å². The summed E-state index contributed by atoms with van der Waals surface area (Å²) < 4.78 is 6.92. The molecule has 172 valence electrons. The van der Waals surface area contributed by atoms with E-state index in [9.17, 15) is 9.59 Å². The highest BCUT2D eigenvalue weighted by atomic mass is 16.5. The molecule has 1 saturated heterocycles. The maximum absolute atomic E-state index is 13.1. The fourth-order valence-electron chi connectivity index (χ4n) is 3.97. The van der Waals surface area contributed by atoms with E-state index in [1.54, 1.807) is 42.3 Å². The number of aromatic nitrogens is 2. The minimum atomic E-state index is -0.0997. The lowest BCUT2D eigenvalue weighted by molar-refractivity contribution is 0.0637. The molecule has 0 saturated carbocycles. The average molecular weight is 448 g/mol. The molecule has 2 heterocycles. The van der Waals surface area contributed by atoms with Crippen LogP contribution in [-0.2, 0) is 0 Å². The van der Waals surface area contributed by atoms with Crippen LogP contribution in [0.1, 0.15) is 26.4 Å². The monoisotopic (exact) mass is 447 g/mol. The fourth-order valence-corrected chi connectivity index (χ4v) is 3.97. The maximum Gasteiger partial charge on any atom is 0.257 e. The van der Waals surface area contributed by atoms with Gasteiger partial charge in [-0.25, -0.2) is 4.68 Å². The average Bonchev–Trinajstić information content (AvgIpc) is 3.25. The Morgan fingerprint density at radius 2 is 1.70 bits per heavy atom. The van der Waals surface area contributed by atoms with Crippen LogP contribution in [-0.4, -0.2) is 77.8 Å². The van der Waals surface area contributed by atoms with Gasteiger partial charge in [0.25, 0.3) is 11.8 Å². The van der Waals surface area contributed by atoms with Gasteiger partial charge in [-0.1, -0.05) is 18.2 Å². The highest BCUT2D eigenvalue weighted by Gasteiger charge is 2.25. The molecule has 33 heavy (non-hydrogen) atoms. The molecule has 0 bridgehead atoms. The Balaban J connectivity index is 1.25. The zero-order chi connectivity index (χ0) is 23.2. The number of carbonyl (C=O) groups is 2. The molecule has 8 heteroatoms. The molecule has 0 atom stereocenters. The van der Waals surface area contributed by atoms with Crippen LogP contribution in [0.3, 0.4) is 0 Å². The van der Waals surface area contributed by atoms with Gasteiger partial charge in [-0.05, 0) is 43.3 Å². The third-order valence-corrected chi connectivity index (χ3v) is 5.97. The van der Waals surface area contributed by atoms with Crippen molar-refractivity contribution < 1.29 is 14.3 Å². The Kier molecular flexibility index (Phi) is 7.04. The maximum atomic E-state index is 13.1. The number of nitrogens with one attached hydrogen (secondary N) is 1. The Labute approximate surface area is 193 Å². The number of ether oxygens (including phenoxy) is 1. The van der Waals surface area contributed by atoms with Gasteiger partial charge in [0.1, 0.15) is 5.75 Å². The number of amides is 2. The Morgan fingerprint density at radius 3 is 2.36 bits per heavy atom. The molecule has 3 aromatic rings. The molecule has 1 aliphatic heterocycles. The van der Waals surface area contributed by atoms with Crippen LogP contribution >= 0.6 is 0 Å². The predicted octanol–water partition coefficient (Wildman–Crippen LogP) is 2.38. The minimum Gasteiger partial charge on any atom is -0.497 e. The summed E-state index contributed by atoms with van der Waals surface area (Å²) in [6, 6.07) is 16.9. The van der Waals surface area contributed by atoms with Crippen molar-refractivity contribution in [3.8, 4) is 11.4 Å². The first kappa shape index (κ1) is 22.5. The number of para-hydroxylation sites is 1. The van der Waals surface area contributed by atoms with Crippen molar-refractivity contribution in [1.29, 1.82) is 0 Å². The highest BCUT2D eigenvalue weighted by molar-refractivity contribution is 5.95. The number of hydrogen-bond donors (Lipinski definition) is 1. The first-order valence-corrected chi connectivity index (χ1v) is 11.1. The van der Waals surface area contributed by atoms with Gasteiger partial charge in [0.2, 0.25) is 0 Å². The van der Waals surface area contributed by atoms with Crippen LogP contribution in [0.25, 0.3) is 5.69 Å². The summed E-state index contributed by atoms with van der Waals surface area (Å²) in [5.41, 5.74) is 3.03. The van der Waals surface area contributed by atoms with Gasteiger partial charge in [0, 0.05) is 44.8 Å². The van der Waals surface area contributed by atoms with Crippen LogP contribution in [0, 0.1) is 6.92 Å². The van der Waals surface area contributed by atoms with E-state index in [2.05, 4.69) is 15.3 Å². The van der Waals surface area contributed by atoms with Crippen LogP contribution in [0.5, 0.6) is 5.75 Å². The van der Waals surface area contributed by atoms with Crippen LogP contribution in [0.15, 0.2) is 60.8 Å². The zero-order valence-corrected chi connectivity index (χ0v) is 19.0. The lowest BCUT2D eigenvalue weighted by Gasteiger charge is -2.34. The summed E-state index contributed by atoms with van der Waals surface area (Å²) in [5, 5.41) is 7.38. The third kappa shape index (κ3) is 5.23. The zero-order valence-electron chi connectivity index (χ0n) is 19.0. The number of benzene rings is 2. The van der Waals surface area contributed by atoms with Crippen molar-refractivity contribution in [2.45, 2.75) is 6.92 Å². The number of nitrogens with zero attached hydrogens (tertiary/aromatic N) is 4. The smallest absolute Gasteiger partial charge is 0.257 e. The number of carbonyl (C=O) groups excluding carboxylic acids is 2. The summed E-state index contributed by atoms with van der Waals surface area (Å²) in [6.07, 6.45) is 1.66.